The van der Waals surface area contributed by atoms with E-state index in [1.54, 1.807) is 7.11 Å². The Morgan fingerprint density at radius 3 is 2.67 bits per heavy atom. The van der Waals surface area contributed by atoms with Crippen LogP contribution in [0.25, 0.3) is 0 Å². The molecule has 0 amide bonds. The second-order valence-corrected chi connectivity index (χ2v) is 7.82. The first-order chi connectivity index (χ1) is 13.2. The highest BCUT2D eigenvalue weighted by Gasteiger charge is 2.23. The van der Waals surface area contributed by atoms with Crippen LogP contribution in [0.1, 0.15) is 36.5 Å². The van der Waals surface area contributed by atoms with Crippen LogP contribution in [0, 0.1) is 0 Å². The molecule has 27 heavy (non-hydrogen) atoms. The number of hydrogen-bond donors (Lipinski definition) is 1. The summed E-state index contributed by atoms with van der Waals surface area (Å²) in [4.78, 5) is 2.55. The van der Waals surface area contributed by atoms with Crippen molar-refractivity contribution in [3.63, 3.8) is 0 Å². The molecule has 1 fully saturated rings. The number of nitrogens with one attached hydrogen (secondary N) is 1. The number of piperidine rings is 1. The van der Waals surface area contributed by atoms with E-state index in [1.807, 2.05) is 0 Å². The zero-order valence-corrected chi connectivity index (χ0v) is 16.4. The smallest absolute Gasteiger partial charge is 0.123 e. The van der Waals surface area contributed by atoms with Crippen molar-refractivity contribution in [3.8, 4) is 11.5 Å². The number of likely N-dealkylation sites (tertiary alicyclic amines) is 1. The van der Waals surface area contributed by atoms with E-state index < -0.39 is 0 Å². The topological polar surface area (TPSA) is 33.7 Å². The van der Waals surface area contributed by atoms with Crippen molar-refractivity contribution in [2.75, 3.05) is 20.2 Å². The number of methoxy groups -OCH3 is 1. The van der Waals surface area contributed by atoms with Crippen LogP contribution in [0.3, 0.4) is 0 Å². The fourth-order valence-electron chi connectivity index (χ4n) is 4.20. The number of fused-ring (bicyclic) bond motifs is 1. The van der Waals surface area contributed by atoms with Crippen molar-refractivity contribution in [1.82, 2.24) is 10.2 Å². The molecule has 4 nitrogen and oxygen atoms in total. The van der Waals surface area contributed by atoms with Gasteiger partial charge in [-0.05, 0) is 50.6 Å². The van der Waals surface area contributed by atoms with Crippen molar-refractivity contribution >= 4 is 0 Å². The predicted octanol–water partition coefficient (Wildman–Crippen LogP) is 3.77. The molecule has 4 heteroatoms. The average Bonchev–Trinajstić information content (AvgIpc) is 3.06. The lowest BCUT2D eigenvalue weighted by molar-refractivity contribution is 0.190. The van der Waals surface area contributed by atoms with E-state index in [1.165, 1.54) is 29.5 Å². The molecule has 1 N–H and O–H groups in total. The van der Waals surface area contributed by atoms with E-state index in [9.17, 15) is 0 Å². The maximum atomic E-state index is 5.92. The second kappa shape index (κ2) is 8.32. The molecular formula is C23H30N2O2. The molecule has 1 saturated heterocycles. The van der Waals surface area contributed by atoms with Crippen LogP contribution in [-0.4, -0.2) is 37.2 Å². The Balaban J connectivity index is 1.30. The highest BCUT2D eigenvalue weighted by Crippen LogP contribution is 2.35. The van der Waals surface area contributed by atoms with Gasteiger partial charge >= 0.3 is 0 Å². The quantitative estimate of drug-likeness (QED) is 0.844. The Labute approximate surface area is 162 Å². The fourth-order valence-corrected chi connectivity index (χ4v) is 4.20. The molecule has 0 saturated carbocycles. The second-order valence-electron chi connectivity index (χ2n) is 7.82. The Morgan fingerprint density at radius 1 is 1.15 bits per heavy atom. The van der Waals surface area contributed by atoms with Crippen LogP contribution < -0.4 is 14.8 Å². The molecule has 2 aromatic carbocycles. The minimum Gasteiger partial charge on any atom is -0.496 e. The molecule has 0 bridgehead atoms. The van der Waals surface area contributed by atoms with Gasteiger partial charge in [-0.2, -0.15) is 0 Å². The highest BCUT2D eigenvalue weighted by atomic mass is 16.5. The normalized spacial score (nSPS) is 20.3. The summed E-state index contributed by atoms with van der Waals surface area (Å²) in [5, 5.41) is 3.74. The maximum absolute atomic E-state index is 5.92. The molecule has 4 rings (SSSR count). The van der Waals surface area contributed by atoms with Crippen molar-refractivity contribution in [1.29, 1.82) is 0 Å². The molecule has 0 unspecified atom stereocenters. The first-order valence-corrected chi connectivity index (χ1v) is 10.1. The van der Waals surface area contributed by atoms with Gasteiger partial charge in [0, 0.05) is 36.7 Å². The zero-order valence-electron chi connectivity index (χ0n) is 16.4. The lowest BCUT2D eigenvalue weighted by Gasteiger charge is -2.32. The van der Waals surface area contributed by atoms with Crippen LogP contribution >= 0.6 is 0 Å². The number of rotatable bonds is 6. The van der Waals surface area contributed by atoms with Gasteiger partial charge in [-0.1, -0.05) is 30.3 Å². The van der Waals surface area contributed by atoms with Gasteiger partial charge in [0.2, 0.25) is 0 Å². The van der Waals surface area contributed by atoms with Gasteiger partial charge in [0.25, 0.3) is 0 Å². The third-order valence-corrected chi connectivity index (χ3v) is 5.72. The lowest BCUT2D eigenvalue weighted by atomic mass is 10.0. The van der Waals surface area contributed by atoms with E-state index in [4.69, 9.17) is 9.47 Å². The maximum Gasteiger partial charge on any atom is 0.123 e. The third-order valence-electron chi connectivity index (χ3n) is 5.72. The summed E-state index contributed by atoms with van der Waals surface area (Å²) in [5.74, 6) is 2.00. The molecule has 144 valence electrons. The minimum atomic E-state index is 0.266. The Kier molecular flexibility index (Phi) is 5.65. The van der Waals surface area contributed by atoms with Gasteiger partial charge < -0.3 is 14.8 Å². The molecule has 2 aliphatic heterocycles. The van der Waals surface area contributed by atoms with Gasteiger partial charge in [0.15, 0.2) is 0 Å². The Bertz CT molecular complexity index is 754. The van der Waals surface area contributed by atoms with E-state index in [2.05, 4.69) is 59.6 Å². The van der Waals surface area contributed by atoms with Gasteiger partial charge in [0.1, 0.15) is 17.6 Å². The molecule has 0 radical (unpaired) electrons. The summed E-state index contributed by atoms with van der Waals surface area (Å²) >= 11 is 0. The van der Waals surface area contributed by atoms with E-state index in [-0.39, 0.29) is 6.10 Å². The number of ether oxygens (including phenoxy) is 2. The average molecular weight is 367 g/mol. The van der Waals surface area contributed by atoms with Crippen LogP contribution in [0.4, 0.5) is 0 Å². The summed E-state index contributed by atoms with van der Waals surface area (Å²) in [6.45, 7) is 6.30. The Morgan fingerprint density at radius 2 is 1.93 bits per heavy atom. The lowest BCUT2D eigenvalue weighted by Crippen LogP contribution is -2.41. The largest absolute Gasteiger partial charge is 0.496 e. The van der Waals surface area contributed by atoms with E-state index in [0.29, 0.717) is 6.04 Å². The van der Waals surface area contributed by atoms with Crippen LogP contribution in [0.15, 0.2) is 42.5 Å². The Hall–Kier alpha value is -2.04. The van der Waals surface area contributed by atoms with Gasteiger partial charge in [0.05, 0.1) is 7.11 Å². The number of hydrogen-bond acceptors (Lipinski definition) is 4. The standard InChI is InChI=1S/C23H30N2O2/c1-17-12-19-13-22(26-2)20(14-23(19)27-17)15-24-21-8-10-25(11-9-21)16-18-6-4-3-5-7-18/h3-7,13-14,17,21,24H,8-12,15-16H2,1-2H3/t17-/m0/s1. The zero-order chi connectivity index (χ0) is 18.6. The van der Waals surface area contributed by atoms with Gasteiger partial charge in [-0.25, -0.2) is 0 Å². The molecule has 1 atom stereocenters. The first kappa shape index (κ1) is 18.3. The SMILES string of the molecule is COc1cc2c(cc1CNC1CCN(Cc3ccccc3)CC1)O[C@@H](C)C2. The molecule has 2 aliphatic rings. The van der Waals surface area contributed by atoms with Crippen molar-refractivity contribution < 1.29 is 9.47 Å². The summed E-state index contributed by atoms with van der Waals surface area (Å²) in [7, 11) is 1.76. The molecular weight excluding hydrogens is 336 g/mol. The molecule has 2 heterocycles. The van der Waals surface area contributed by atoms with Crippen LogP contribution in [0.5, 0.6) is 11.5 Å². The molecule has 0 aromatic heterocycles. The molecule has 0 spiro atoms. The predicted molar refractivity (Wildman–Crippen MR) is 108 cm³/mol. The number of benzene rings is 2. The van der Waals surface area contributed by atoms with E-state index in [0.717, 1.165) is 44.1 Å². The first-order valence-electron chi connectivity index (χ1n) is 10.1. The summed E-state index contributed by atoms with van der Waals surface area (Å²) in [6, 6.07) is 15.6. The van der Waals surface area contributed by atoms with Crippen molar-refractivity contribution in [2.24, 2.45) is 0 Å². The van der Waals surface area contributed by atoms with Crippen LogP contribution in [0.2, 0.25) is 0 Å². The molecule has 0 aliphatic carbocycles. The van der Waals surface area contributed by atoms with Crippen molar-refractivity contribution in [2.45, 2.75) is 51.4 Å². The third kappa shape index (κ3) is 4.45. The summed E-state index contributed by atoms with van der Waals surface area (Å²) < 4.78 is 11.5. The van der Waals surface area contributed by atoms with Crippen LogP contribution in [-0.2, 0) is 19.5 Å². The van der Waals surface area contributed by atoms with Crippen molar-refractivity contribution in [3.05, 3.63) is 59.2 Å². The van der Waals surface area contributed by atoms with Gasteiger partial charge in [-0.15, -0.1) is 0 Å². The molecule has 2 aromatic rings. The van der Waals surface area contributed by atoms with E-state index >= 15 is 0 Å². The van der Waals surface area contributed by atoms with Gasteiger partial charge in [-0.3, -0.25) is 4.90 Å². The monoisotopic (exact) mass is 366 g/mol. The summed E-state index contributed by atoms with van der Waals surface area (Å²) in [5.41, 5.74) is 3.86. The fraction of sp³-hybridized carbons (Fsp3) is 0.478. The summed E-state index contributed by atoms with van der Waals surface area (Å²) in [6.07, 6.45) is 3.61. The minimum absolute atomic E-state index is 0.266. The number of nitrogens with zero attached hydrogens (tertiary/aromatic N) is 1. The highest BCUT2D eigenvalue weighted by molar-refractivity contribution is 5.48.